The average Bonchev–Trinajstić information content (AvgIpc) is 3.44. The van der Waals surface area contributed by atoms with E-state index in [1.54, 1.807) is 24.9 Å². The molecular weight excluding hydrogens is 490 g/mol. The molecule has 1 saturated heterocycles. The van der Waals surface area contributed by atoms with Gasteiger partial charge in [0.05, 0.1) is 30.7 Å². The fraction of sp³-hybridized carbons (Fsp3) is 0.346. The number of aromatic nitrogens is 5. The average molecular weight is 522 g/mol. The molecule has 4 heterocycles. The number of hydrogen-bond acceptors (Lipinski definition) is 8. The molecule has 0 radical (unpaired) electrons. The Bertz CT molecular complexity index is 1320. The van der Waals surface area contributed by atoms with Gasteiger partial charge < -0.3 is 23.8 Å². The number of ether oxygens (including phenoxy) is 2. The highest BCUT2D eigenvalue weighted by molar-refractivity contribution is 7.59. The van der Waals surface area contributed by atoms with Crippen LogP contribution >= 0.6 is 13.5 Å². The Morgan fingerprint density at radius 3 is 2.73 bits per heavy atom. The Labute approximate surface area is 222 Å². The van der Waals surface area contributed by atoms with Gasteiger partial charge >= 0.3 is 0 Å². The van der Waals surface area contributed by atoms with Gasteiger partial charge in [-0.25, -0.2) is 15.0 Å². The summed E-state index contributed by atoms with van der Waals surface area (Å²) in [6, 6.07) is 10.1. The molecule has 194 valence electrons. The van der Waals surface area contributed by atoms with Crippen molar-refractivity contribution in [3.8, 4) is 17.1 Å². The number of carbonyl (C=O) groups excluding carboxylic acids is 1. The molecule has 1 aliphatic heterocycles. The van der Waals surface area contributed by atoms with Gasteiger partial charge in [-0.3, -0.25) is 9.78 Å². The maximum atomic E-state index is 12.7. The van der Waals surface area contributed by atoms with Gasteiger partial charge in [0.15, 0.2) is 5.52 Å². The normalized spacial score (nSPS) is 15.3. The van der Waals surface area contributed by atoms with E-state index in [9.17, 15) is 4.79 Å². The van der Waals surface area contributed by atoms with Crippen molar-refractivity contribution in [2.75, 3.05) is 45.3 Å². The first kappa shape index (κ1) is 26.4. The van der Waals surface area contributed by atoms with Crippen molar-refractivity contribution in [1.29, 1.82) is 0 Å². The maximum Gasteiger partial charge on any atom is 0.242 e. The smallest absolute Gasteiger partial charge is 0.242 e. The van der Waals surface area contributed by atoms with Gasteiger partial charge in [-0.15, -0.1) is 0 Å². The maximum absolute atomic E-state index is 12.7. The Kier molecular flexibility index (Phi) is 8.57. The van der Waals surface area contributed by atoms with Crippen molar-refractivity contribution in [2.24, 2.45) is 0 Å². The quantitative estimate of drug-likeness (QED) is 0.349. The minimum atomic E-state index is -0.257. The minimum Gasteiger partial charge on any atom is -0.473 e. The number of carbonyl (C=O) groups is 1. The molecule has 37 heavy (non-hydrogen) atoms. The van der Waals surface area contributed by atoms with Crippen LogP contribution < -0.4 is 9.64 Å². The molecule has 1 atom stereocenters. The van der Waals surface area contributed by atoms with Crippen LogP contribution in [0.25, 0.3) is 22.3 Å². The fourth-order valence-corrected chi connectivity index (χ4v) is 4.14. The summed E-state index contributed by atoms with van der Waals surface area (Å²) in [5, 5.41) is 0. The van der Waals surface area contributed by atoms with Crippen LogP contribution in [0.15, 0.2) is 61.4 Å². The molecule has 0 N–H and O–H groups in total. The van der Waals surface area contributed by atoms with E-state index in [4.69, 9.17) is 14.5 Å². The third kappa shape index (κ3) is 6.36. The van der Waals surface area contributed by atoms with Gasteiger partial charge in [0.25, 0.3) is 0 Å². The summed E-state index contributed by atoms with van der Waals surface area (Å²) in [7, 11) is 4.01. The van der Waals surface area contributed by atoms with Crippen LogP contribution in [0.1, 0.15) is 6.42 Å². The molecule has 1 fully saturated rings. The minimum absolute atomic E-state index is 0. The van der Waals surface area contributed by atoms with E-state index in [-0.39, 0.29) is 32.1 Å². The van der Waals surface area contributed by atoms with Crippen molar-refractivity contribution >= 4 is 36.1 Å². The van der Waals surface area contributed by atoms with Crippen molar-refractivity contribution in [3.63, 3.8) is 0 Å². The molecule has 0 spiro atoms. The zero-order chi connectivity index (χ0) is 24.9. The molecule has 10 nitrogen and oxygen atoms in total. The first-order valence-electron chi connectivity index (χ1n) is 11.9. The SMILES string of the molecule is CN(C)c1ccc(-c2cc3nccnc3c(OC[C@@H]3CN(C(=O)CCn4ccnc4)CCO3)n2)cc1.S. The molecule has 5 rings (SSSR count). The lowest BCUT2D eigenvalue weighted by Gasteiger charge is -2.33. The summed E-state index contributed by atoms with van der Waals surface area (Å²) in [6.07, 6.45) is 8.72. The first-order valence-corrected chi connectivity index (χ1v) is 11.9. The van der Waals surface area contributed by atoms with Gasteiger partial charge in [-0.1, -0.05) is 12.1 Å². The Morgan fingerprint density at radius 2 is 1.97 bits per heavy atom. The predicted molar refractivity (Wildman–Crippen MR) is 146 cm³/mol. The van der Waals surface area contributed by atoms with E-state index < -0.39 is 0 Å². The molecule has 0 aliphatic carbocycles. The molecule has 1 amide bonds. The van der Waals surface area contributed by atoms with Gasteiger partial charge in [0, 0.05) is 69.6 Å². The van der Waals surface area contributed by atoms with Crippen LogP contribution in [0, 0.1) is 0 Å². The molecule has 1 aromatic carbocycles. The number of rotatable bonds is 8. The number of anilines is 1. The molecule has 3 aromatic heterocycles. The Morgan fingerprint density at radius 1 is 1.16 bits per heavy atom. The predicted octanol–water partition coefficient (Wildman–Crippen LogP) is 2.76. The summed E-state index contributed by atoms with van der Waals surface area (Å²) in [5.41, 5.74) is 4.12. The van der Waals surface area contributed by atoms with Crippen molar-refractivity contribution in [3.05, 3.63) is 61.4 Å². The van der Waals surface area contributed by atoms with Gasteiger partial charge in [0.2, 0.25) is 11.8 Å². The van der Waals surface area contributed by atoms with Crippen molar-refractivity contribution < 1.29 is 14.3 Å². The van der Waals surface area contributed by atoms with E-state index in [1.807, 2.05) is 65.0 Å². The zero-order valence-electron chi connectivity index (χ0n) is 20.9. The third-order valence-corrected chi connectivity index (χ3v) is 6.14. The number of benzene rings is 1. The number of imidazole rings is 1. The number of pyridine rings is 1. The first-order chi connectivity index (χ1) is 17.6. The van der Waals surface area contributed by atoms with Crippen LogP contribution in [0.3, 0.4) is 0 Å². The molecule has 0 saturated carbocycles. The van der Waals surface area contributed by atoms with E-state index in [0.29, 0.717) is 49.6 Å². The molecule has 11 heteroatoms. The van der Waals surface area contributed by atoms with Gasteiger partial charge in [0.1, 0.15) is 12.7 Å². The summed E-state index contributed by atoms with van der Waals surface area (Å²) in [6.45, 7) is 2.38. The van der Waals surface area contributed by atoms with E-state index in [1.165, 1.54) is 0 Å². The number of aryl methyl sites for hydroxylation is 1. The van der Waals surface area contributed by atoms with E-state index >= 15 is 0 Å². The van der Waals surface area contributed by atoms with Crippen LogP contribution in [-0.4, -0.2) is 81.8 Å². The second kappa shape index (κ2) is 12.0. The molecule has 0 bridgehead atoms. The number of hydrogen-bond donors (Lipinski definition) is 0. The van der Waals surface area contributed by atoms with Crippen LogP contribution in [0.5, 0.6) is 5.88 Å². The fourth-order valence-electron chi connectivity index (χ4n) is 4.14. The highest BCUT2D eigenvalue weighted by Crippen LogP contribution is 2.28. The van der Waals surface area contributed by atoms with Gasteiger partial charge in [-0.05, 0) is 18.2 Å². The number of fused-ring (bicyclic) bond motifs is 1. The molecule has 1 aliphatic rings. The lowest BCUT2D eigenvalue weighted by molar-refractivity contribution is -0.140. The van der Waals surface area contributed by atoms with Crippen LogP contribution in [0.4, 0.5) is 5.69 Å². The van der Waals surface area contributed by atoms with Crippen molar-refractivity contribution in [1.82, 2.24) is 29.4 Å². The van der Waals surface area contributed by atoms with Crippen LogP contribution in [0.2, 0.25) is 0 Å². The second-order valence-corrected chi connectivity index (χ2v) is 8.87. The third-order valence-electron chi connectivity index (χ3n) is 6.14. The highest BCUT2D eigenvalue weighted by Gasteiger charge is 2.25. The van der Waals surface area contributed by atoms with Gasteiger partial charge in [-0.2, -0.15) is 13.5 Å². The zero-order valence-corrected chi connectivity index (χ0v) is 21.9. The largest absolute Gasteiger partial charge is 0.473 e. The van der Waals surface area contributed by atoms with Crippen LogP contribution in [-0.2, 0) is 16.1 Å². The number of nitrogens with zero attached hydrogens (tertiary/aromatic N) is 7. The number of amides is 1. The molecule has 0 unspecified atom stereocenters. The molecule has 4 aromatic rings. The van der Waals surface area contributed by atoms with E-state index in [0.717, 1.165) is 16.9 Å². The second-order valence-electron chi connectivity index (χ2n) is 8.87. The molecular formula is C26H31N7O3S. The summed E-state index contributed by atoms with van der Waals surface area (Å²) >= 11 is 0. The topological polar surface area (TPSA) is 98.5 Å². The standard InChI is InChI=1S/C26H29N7O3.H2S/c1-31(2)20-5-3-19(4-6-20)22-15-23-25(29-9-8-28-23)26(30-22)36-17-21-16-33(13-14-35-21)24(34)7-11-32-12-10-27-18-32;/h3-6,8-10,12,15,18,21H,7,11,13-14,16-17H2,1-2H3;1H2/t21-;/m0./s1. The Hall–Kier alpha value is -3.70. The summed E-state index contributed by atoms with van der Waals surface area (Å²) < 4.78 is 13.9. The summed E-state index contributed by atoms with van der Waals surface area (Å²) in [4.78, 5) is 34.3. The summed E-state index contributed by atoms with van der Waals surface area (Å²) in [5.74, 6) is 0.494. The highest BCUT2D eigenvalue weighted by atomic mass is 32.1. The monoisotopic (exact) mass is 521 g/mol. The lowest BCUT2D eigenvalue weighted by Crippen LogP contribution is -2.47. The number of morpholine rings is 1. The van der Waals surface area contributed by atoms with E-state index in [2.05, 4.69) is 15.0 Å². The van der Waals surface area contributed by atoms with Crippen molar-refractivity contribution in [2.45, 2.75) is 19.1 Å². The Balaban J connectivity index is 0.00000320. The lowest BCUT2D eigenvalue weighted by atomic mass is 10.1.